The maximum Gasteiger partial charge on any atom is 0.408 e. The first kappa shape index (κ1) is 35.4. The summed E-state index contributed by atoms with van der Waals surface area (Å²) in [5.74, 6) is -2.83. The first-order valence-corrected chi connectivity index (χ1v) is 16.3. The number of rotatable bonds is 7. The van der Waals surface area contributed by atoms with Gasteiger partial charge in [-0.25, -0.2) is 4.79 Å². The number of carbonyl (C=O) groups is 6. The van der Waals surface area contributed by atoms with Crippen molar-refractivity contribution in [2.24, 2.45) is 5.92 Å². The maximum atomic E-state index is 14.0. The molecule has 0 spiro atoms. The van der Waals surface area contributed by atoms with E-state index in [0.29, 0.717) is 25.8 Å². The Hall–Kier alpha value is -4.42. The van der Waals surface area contributed by atoms with Crippen molar-refractivity contribution < 1.29 is 38.2 Å². The number of hydrogen-bond acceptors (Lipinski definition) is 8. The number of allylic oxidation sites excluding steroid dienone is 1. The summed E-state index contributed by atoms with van der Waals surface area (Å²) in [5.41, 5.74) is -1.18. The number of carbonyl (C=O) groups excluding carboxylic acids is 6. The third-order valence-corrected chi connectivity index (χ3v) is 8.41. The molecule has 0 radical (unpaired) electrons. The van der Waals surface area contributed by atoms with Gasteiger partial charge in [0, 0.05) is 25.8 Å². The molecule has 0 bridgehead atoms. The average molecular weight is 654 g/mol. The molecule has 1 aromatic rings. The number of alkyl carbamates (subject to hydrolysis) is 1. The van der Waals surface area contributed by atoms with Gasteiger partial charge in [0.1, 0.15) is 29.3 Å². The van der Waals surface area contributed by atoms with Crippen LogP contribution in [-0.2, 0) is 40.0 Å². The number of ether oxygens (including phenoxy) is 2. The zero-order valence-corrected chi connectivity index (χ0v) is 27.6. The quantitative estimate of drug-likeness (QED) is 0.256. The van der Waals surface area contributed by atoms with Crippen molar-refractivity contribution in [1.82, 2.24) is 26.2 Å². The van der Waals surface area contributed by atoms with E-state index in [4.69, 9.17) is 9.47 Å². The van der Waals surface area contributed by atoms with Crippen molar-refractivity contribution in [3.05, 3.63) is 48.0 Å². The minimum atomic E-state index is -1.31. The van der Waals surface area contributed by atoms with Gasteiger partial charge >= 0.3 is 12.1 Å². The first-order valence-electron chi connectivity index (χ1n) is 16.3. The molecule has 1 saturated carbocycles. The second kappa shape index (κ2) is 15.4. The summed E-state index contributed by atoms with van der Waals surface area (Å²) in [6.45, 7) is 6.39. The highest BCUT2D eigenvalue weighted by Gasteiger charge is 2.61. The van der Waals surface area contributed by atoms with E-state index < -0.39 is 59.1 Å². The molecular weight excluding hydrogens is 606 g/mol. The molecule has 13 heteroatoms. The first-order chi connectivity index (χ1) is 22.3. The van der Waals surface area contributed by atoms with Crippen LogP contribution >= 0.6 is 0 Å². The van der Waals surface area contributed by atoms with Crippen molar-refractivity contribution in [3.63, 3.8) is 0 Å². The van der Waals surface area contributed by atoms with Crippen molar-refractivity contribution in [2.45, 2.75) is 109 Å². The molecule has 47 heavy (non-hydrogen) atoms. The lowest BCUT2D eigenvalue weighted by Crippen LogP contribution is -2.58. The Kier molecular flexibility index (Phi) is 11.6. The minimum Gasteiger partial charge on any atom is -0.461 e. The fourth-order valence-electron chi connectivity index (χ4n) is 6.03. The zero-order valence-electron chi connectivity index (χ0n) is 27.6. The van der Waals surface area contributed by atoms with Crippen LogP contribution < -0.4 is 21.3 Å². The smallest absolute Gasteiger partial charge is 0.408 e. The standard InChI is InChI=1S/C34H47N5O8/c1-22(40)46-25-17-27-29(42)38-34(31(44)36-20-28(41)35-19-23-13-9-8-10-14-23)18-24(34)15-11-6-5-7-12-16-26(30(43)39(27)21-25)37-32(45)47-33(2,3)4/h8-11,13-15,24-27H,5-7,12,16-21H2,1-4H3,(H,35,41)(H,36,44)(H,37,45)(H,38,42)/t24-,25-,26+,27+,34-/m1/s1. The molecule has 3 aliphatic rings. The second-order valence-electron chi connectivity index (χ2n) is 13.5. The fourth-order valence-corrected chi connectivity index (χ4v) is 6.03. The molecular formula is C34H47N5O8. The molecule has 1 aliphatic carbocycles. The van der Waals surface area contributed by atoms with Crippen LogP contribution in [0.25, 0.3) is 0 Å². The Balaban J connectivity index is 1.51. The van der Waals surface area contributed by atoms with Gasteiger partial charge in [0.15, 0.2) is 0 Å². The number of fused-ring (bicyclic) bond motifs is 2. The molecule has 5 atom stereocenters. The van der Waals surface area contributed by atoms with Crippen molar-refractivity contribution >= 4 is 35.7 Å². The predicted octanol–water partition coefficient (Wildman–Crippen LogP) is 2.24. The SMILES string of the molecule is CC(=O)O[C@@H]1C[C@H]2C(=O)N[C@]3(C(=O)NCC(=O)NCc4ccccc4)C[C@H]3C=CCCCCC[C@H](NC(=O)OC(C)(C)C)C(=O)N2C1. The lowest BCUT2D eigenvalue weighted by atomic mass is 10.0. The highest BCUT2D eigenvalue weighted by Crippen LogP contribution is 2.45. The van der Waals surface area contributed by atoms with E-state index in [2.05, 4.69) is 21.3 Å². The van der Waals surface area contributed by atoms with Gasteiger partial charge < -0.3 is 35.6 Å². The van der Waals surface area contributed by atoms with E-state index in [-0.39, 0.29) is 31.3 Å². The molecule has 4 rings (SSSR count). The lowest BCUT2D eigenvalue weighted by Gasteiger charge is -2.30. The molecule has 0 aromatic heterocycles. The number of nitrogens with one attached hydrogen (secondary N) is 4. The van der Waals surface area contributed by atoms with Gasteiger partial charge in [-0.3, -0.25) is 24.0 Å². The van der Waals surface area contributed by atoms with Gasteiger partial charge in [-0.15, -0.1) is 0 Å². The van der Waals surface area contributed by atoms with Crippen LogP contribution in [0.15, 0.2) is 42.5 Å². The molecule has 1 saturated heterocycles. The van der Waals surface area contributed by atoms with E-state index in [1.165, 1.54) is 11.8 Å². The van der Waals surface area contributed by atoms with E-state index in [9.17, 15) is 28.8 Å². The van der Waals surface area contributed by atoms with Crippen LogP contribution in [-0.4, -0.2) is 83.0 Å². The van der Waals surface area contributed by atoms with Crippen LogP contribution in [0, 0.1) is 5.92 Å². The third-order valence-electron chi connectivity index (χ3n) is 8.41. The van der Waals surface area contributed by atoms with Crippen LogP contribution in [0.1, 0.15) is 78.2 Å². The minimum absolute atomic E-state index is 0.0242. The van der Waals surface area contributed by atoms with Crippen molar-refractivity contribution in [1.29, 1.82) is 0 Å². The summed E-state index contributed by atoms with van der Waals surface area (Å²) in [4.78, 5) is 79.9. The van der Waals surface area contributed by atoms with Crippen LogP contribution in [0.3, 0.4) is 0 Å². The Morgan fingerprint density at radius 1 is 1.04 bits per heavy atom. The number of hydrogen-bond donors (Lipinski definition) is 4. The third kappa shape index (κ3) is 10.0. The van der Waals surface area contributed by atoms with Gasteiger partial charge in [-0.2, -0.15) is 0 Å². The second-order valence-corrected chi connectivity index (χ2v) is 13.5. The summed E-state index contributed by atoms with van der Waals surface area (Å²) in [6.07, 6.45) is 6.06. The number of nitrogens with zero attached hydrogens (tertiary/aromatic N) is 1. The lowest BCUT2D eigenvalue weighted by molar-refractivity contribution is -0.146. The highest BCUT2D eigenvalue weighted by molar-refractivity contribution is 5.99. The molecule has 13 nitrogen and oxygen atoms in total. The van der Waals surface area contributed by atoms with Gasteiger partial charge in [0.2, 0.25) is 23.6 Å². The topological polar surface area (TPSA) is 172 Å². The Bertz CT molecular complexity index is 1360. The molecule has 2 aliphatic heterocycles. The van der Waals surface area contributed by atoms with Crippen molar-refractivity contribution in [2.75, 3.05) is 13.1 Å². The van der Waals surface area contributed by atoms with Gasteiger partial charge in [0.25, 0.3) is 0 Å². The van der Waals surface area contributed by atoms with E-state index in [1.807, 2.05) is 42.5 Å². The van der Waals surface area contributed by atoms with Gasteiger partial charge in [-0.1, -0.05) is 55.3 Å². The van der Waals surface area contributed by atoms with Crippen LogP contribution in [0.4, 0.5) is 4.79 Å². The summed E-state index contributed by atoms with van der Waals surface area (Å²) in [5, 5.41) is 11.0. The van der Waals surface area contributed by atoms with E-state index >= 15 is 0 Å². The maximum absolute atomic E-state index is 14.0. The predicted molar refractivity (Wildman–Crippen MR) is 171 cm³/mol. The molecule has 256 valence electrons. The highest BCUT2D eigenvalue weighted by atomic mass is 16.6. The largest absolute Gasteiger partial charge is 0.461 e. The monoisotopic (exact) mass is 653 g/mol. The zero-order chi connectivity index (χ0) is 34.2. The molecule has 2 heterocycles. The molecule has 0 unspecified atom stereocenters. The number of benzene rings is 1. The summed E-state index contributed by atoms with van der Waals surface area (Å²) in [7, 11) is 0. The Morgan fingerprint density at radius 2 is 1.79 bits per heavy atom. The normalized spacial score (nSPS) is 26.3. The molecule has 4 N–H and O–H groups in total. The molecule has 5 amide bonds. The summed E-state index contributed by atoms with van der Waals surface area (Å²) < 4.78 is 10.8. The molecule has 2 fully saturated rings. The fraction of sp³-hybridized carbons (Fsp3) is 0.588. The van der Waals surface area contributed by atoms with Gasteiger partial charge in [0.05, 0.1) is 13.1 Å². The average Bonchev–Trinajstić information content (AvgIpc) is 3.53. The number of esters is 1. The van der Waals surface area contributed by atoms with E-state index in [0.717, 1.165) is 24.8 Å². The van der Waals surface area contributed by atoms with Crippen LogP contribution in [0.5, 0.6) is 0 Å². The summed E-state index contributed by atoms with van der Waals surface area (Å²) in [6, 6.07) is 7.33. The Morgan fingerprint density at radius 3 is 2.49 bits per heavy atom. The summed E-state index contributed by atoms with van der Waals surface area (Å²) >= 11 is 0. The Labute approximate surface area is 275 Å². The van der Waals surface area contributed by atoms with Crippen molar-refractivity contribution in [3.8, 4) is 0 Å². The molecule has 1 aromatic carbocycles. The van der Waals surface area contributed by atoms with Crippen LogP contribution in [0.2, 0.25) is 0 Å². The number of amides is 5. The van der Waals surface area contributed by atoms with E-state index in [1.54, 1.807) is 20.8 Å². The van der Waals surface area contributed by atoms with Gasteiger partial charge in [-0.05, 0) is 52.0 Å².